The summed E-state index contributed by atoms with van der Waals surface area (Å²) in [7, 11) is 0. The lowest BCUT2D eigenvalue weighted by molar-refractivity contribution is -0.147. The number of nitrogens with one attached hydrogen (secondary N) is 1. The minimum atomic E-state index is -0.622. The molecule has 5 nitrogen and oxygen atoms in total. The van der Waals surface area contributed by atoms with E-state index in [4.69, 9.17) is 5.73 Å². The topological polar surface area (TPSA) is 75.4 Å². The summed E-state index contributed by atoms with van der Waals surface area (Å²) in [5.41, 5.74) is 5.56. The van der Waals surface area contributed by atoms with Crippen LogP contribution >= 0.6 is 12.2 Å². The number of hydrogen-bond acceptors (Lipinski definition) is 3. The second kappa shape index (κ2) is 6.13. The highest BCUT2D eigenvalue weighted by Crippen LogP contribution is 2.33. The number of likely N-dealkylation sites (tertiary alicyclic amines) is 1. The van der Waals surface area contributed by atoms with Crippen LogP contribution < -0.4 is 11.1 Å². The van der Waals surface area contributed by atoms with E-state index < -0.39 is 11.8 Å². The summed E-state index contributed by atoms with van der Waals surface area (Å²) in [5.74, 6) is -1.10. The Bertz CT molecular complexity index is 349. The summed E-state index contributed by atoms with van der Waals surface area (Å²) in [6.07, 6.45) is 2.98. The maximum Gasteiger partial charge on any atom is 0.311 e. The van der Waals surface area contributed by atoms with E-state index in [1.807, 2.05) is 0 Å². The van der Waals surface area contributed by atoms with Gasteiger partial charge in [0.15, 0.2) is 0 Å². The van der Waals surface area contributed by atoms with E-state index in [0.717, 1.165) is 19.3 Å². The van der Waals surface area contributed by atoms with Crippen molar-refractivity contribution in [3.8, 4) is 0 Å². The first kappa shape index (κ1) is 14.9. The number of nitrogens with zero attached hydrogens (tertiary/aromatic N) is 1. The molecule has 0 atom stereocenters. The van der Waals surface area contributed by atoms with Gasteiger partial charge in [0, 0.05) is 13.1 Å². The third-order valence-electron chi connectivity index (χ3n) is 3.73. The predicted octanol–water partition coefficient (Wildman–Crippen LogP) is 0.427. The fraction of sp³-hybridized carbons (Fsp3) is 0.750. The minimum Gasteiger partial charge on any atom is -0.392 e. The molecule has 0 aliphatic carbocycles. The van der Waals surface area contributed by atoms with Crippen LogP contribution in [-0.2, 0) is 9.59 Å². The highest BCUT2D eigenvalue weighted by Gasteiger charge is 2.32. The fourth-order valence-electron chi connectivity index (χ4n) is 1.99. The molecule has 102 valence electrons. The molecular weight excluding hydrogens is 250 g/mol. The lowest BCUT2D eigenvalue weighted by Gasteiger charge is -2.38. The van der Waals surface area contributed by atoms with Gasteiger partial charge < -0.3 is 16.0 Å². The third kappa shape index (κ3) is 3.94. The minimum absolute atomic E-state index is 0.0699. The summed E-state index contributed by atoms with van der Waals surface area (Å²) >= 11 is 4.64. The molecule has 0 bridgehead atoms. The number of carbonyl (C=O) groups is 2. The Morgan fingerprint density at radius 1 is 1.39 bits per heavy atom. The SMILES string of the molecule is CCC1(C)CCN(C(=O)C(=O)NCC(N)=S)CC1. The van der Waals surface area contributed by atoms with Crippen LogP contribution in [0.2, 0.25) is 0 Å². The summed E-state index contributed by atoms with van der Waals surface area (Å²) in [6.45, 7) is 5.74. The smallest absolute Gasteiger partial charge is 0.311 e. The molecule has 1 heterocycles. The monoisotopic (exact) mass is 271 g/mol. The molecule has 0 aromatic rings. The van der Waals surface area contributed by atoms with E-state index in [-0.39, 0.29) is 11.5 Å². The third-order valence-corrected chi connectivity index (χ3v) is 3.87. The van der Waals surface area contributed by atoms with E-state index in [9.17, 15) is 9.59 Å². The van der Waals surface area contributed by atoms with Crippen molar-refractivity contribution < 1.29 is 9.59 Å². The predicted molar refractivity (Wildman–Crippen MR) is 74.0 cm³/mol. The molecular formula is C12H21N3O2S. The Kier molecular flexibility index (Phi) is 5.07. The van der Waals surface area contributed by atoms with Gasteiger partial charge in [-0.05, 0) is 18.3 Å². The zero-order chi connectivity index (χ0) is 13.8. The molecule has 0 unspecified atom stereocenters. The molecule has 0 spiro atoms. The maximum atomic E-state index is 11.8. The molecule has 0 aromatic heterocycles. The molecule has 1 fully saturated rings. The van der Waals surface area contributed by atoms with Crippen LogP contribution in [0.25, 0.3) is 0 Å². The Labute approximate surface area is 113 Å². The summed E-state index contributed by atoms with van der Waals surface area (Å²) in [6, 6.07) is 0. The van der Waals surface area contributed by atoms with Gasteiger partial charge in [0.2, 0.25) is 0 Å². The van der Waals surface area contributed by atoms with Crippen LogP contribution in [-0.4, -0.2) is 41.3 Å². The summed E-state index contributed by atoms with van der Waals surface area (Å²) < 4.78 is 0. The molecule has 0 radical (unpaired) electrons. The van der Waals surface area contributed by atoms with E-state index in [1.54, 1.807) is 4.90 Å². The Morgan fingerprint density at radius 3 is 2.39 bits per heavy atom. The molecule has 1 aliphatic rings. The lowest BCUT2D eigenvalue weighted by Crippen LogP contribution is -2.49. The molecule has 0 saturated carbocycles. The van der Waals surface area contributed by atoms with Crippen LogP contribution in [0.4, 0.5) is 0 Å². The van der Waals surface area contributed by atoms with Crippen molar-refractivity contribution in [2.45, 2.75) is 33.1 Å². The average molecular weight is 271 g/mol. The molecule has 6 heteroatoms. The molecule has 1 rings (SSSR count). The zero-order valence-corrected chi connectivity index (χ0v) is 11.8. The van der Waals surface area contributed by atoms with Crippen LogP contribution in [0.1, 0.15) is 33.1 Å². The van der Waals surface area contributed by atoms with Gasteiger partial charge in [-0.2, -0.15) is 0 Å². The molecule has 3 N–H and O–H groups in total. The standard InChI is InChI=1S/C12H21N3O2S/c1-3-12(2)4-6-15(7-5-12)11(17)10(16)14-8-9(13)18/h3-8H2,1-2H3,(H2,13,18)(H,14,16). The van der Waals surface area contributed by atoms with Crippen LogP contribution in [0.15, 0.2) is 0 Å². The summed E-state index contributed by atoms with van der Waals surface area (Å²) in [5, 5.41) is 2.42. The first-order valence-corrected chi connectivity index (χ1v) is 6.64. The van der Waals surface area contributed by atoms with E-state index in [0.29, 0.717) is 18.5 Å². The van der Waals surface area contributed by atoms with E-state index in [2.05, 4.69) is 31.4 Å². The highest BCUT2D eigenvalue weighted by atomic mass is 32.1. The van der Waals surface area contributed by atoms with Crippen molar-refractivity contribution in [3.05, 3.63) is 0 Å². The number of piperidine rings is 1. The van der Waals surface area contributed by atoms with Gasteiger partial charge in [0.05, 0.1) is 11.5 Å². The van der Waals surface area contributed by atoms with Crippen molar-refractivity contribution in [2.75, 3.05) is 19.6 Å². The van der Waals surface area contributed by atoms with Crippen molar-refractivity contribution in [3.63, 3.8) is 0 Å². The number of amides is 2. The van der Waals surface area contributed by atoms with Gasteiger partial charge >= 0.3 is 11.8 Å². The molecule has 1 aliphatic heterocycles. The first-order chi connectivity index (χ1) is 8.38. The van der Waals surface area contributed by atoms with Crippen LogP contribution in [0, 0.1) is 5.41 Å². The normalized spacial score (nSPS) is 18.2. The lowest BCUT2D eigenvalue weighted by atomic mass is 9.78. The number of nitrogens with two attached hydrogens (primary N) is 1. The number of carbonyl (C=O) groups excluding carboxylic acids is 2. The maximum absolute atomic E-state index is 11.8. The largest absolute Gasteiger partial charge is 0.392 e. The van der Waals surface area contributed by atoms with Gasteiger partial charge in [0.1, 0.15) is 0 Å². The average Bonchev–Trinajstić information content (AvgIpc) is 2.36. The van der Waals surface area contributed by atoms with Crippen molar-refractivity contribution in [1.29, 1.82) is 0 Å². The van der Waals surface area contributed by atoms with Gasteiger partial charge in [-0.1, -0.05) is 32.5 Å². The van der Waals surface area contributed by atoms with Gasteiger partial charge in [0.25, 0.3) is 0 Å². The first-order valence-electron chi connectivity index (χ1n) is 6.23. The second-order valence-electron chi connectivity index (χ2n) is 5.11. The van der Waals surface area contributed by atoms with Crippen LogP contribution in [0.3, 0.4) is 0 Å². The number of rotatable bonds is 3. The van der Waals surface area contributed by atoms with E-state index >= 15 is 0 Å². The van der Waals surface area contributed by atoms with Gasteiger partial charge in [-0.3, -0.25) is 9.59 Å². The van der Waals surface area contributed by atoms with Crippen molar-refractivity contribution in [2.24, 2.45) is 11.1 Å². The molecule has 0 aromatic carbocycles. The van der Waals surface area contributed by atoms with Gasteiger partial charge in [-0.25, -0.2) is 0 Å². The Morgan fingerprint density at radius 2 is 1.94 bits per heavy atom. The number of thiocarbonyl (C=S) groups is 1. The highest BCUT2D eigenvalue weighted by molar-refractivity contribution is 7.80. The Hall–Kier alpha value is -1.17. The molecule has 18 heavy (non-hydrogen) atoms. The quantitative estimate of drug-likeness (QED) is 0.576. The number of hydrogen-bond donors (Lipinski definition) is 2. The fourth-order valence-corrected chi connectivity index (χ4v) is 2.06. The van der Waals surface area contributed by atoms with Crippen molar-refractivity contribution >= 4 is 29.0 Å². The second-order valence-corrected chi connectivity index (χ2v) is 5.63. The van der Waals surface area contributed by atoms with Gasteiger partial charge in [-0.15, -0.1) is 0 Å². The molecule has 2 amide bonds. The Balaban J connectivity index is 2.45. The van der Waals surface area contributed by atoms with Crippen LogP contribution in [0.5, 0.6) is 0 Å². The summed E-state index contributed by atoms with van der Waals surface area (Å²) in [4.78, 5) is 25.2. The zero-order valence-electron chi connectivity index (χ0n) is 11.0. The van der Waals surface area contributed by atoms with E-state index in [1.165, 1.54) is 0 Å². The molecule has 1 saturated heterocycles. The van der Waals surface area contributed by atoms with Crippen molar-refractivity contribution in [1.82, 2.24) is 10.2 Å².